The van der Waals surface area contributed by atoms with E-state index in [1.807, 2.05) is 0 Å². The van der Waals surface area contributed by atoms with E-state index < -0.39 is 0 Å². The van der Waals surface area contributed by atoms with Crippen LogP contribution in [-0.4, -0.2) is 72.5 Å². The quantitative estimate of drug-likeness (QED) is 0.713. The molecule has 0 spiro atoms. The molecule has 0 aromatic carbocycles. The van der Waals surface area contributed by atoms with Crippen molar-refractivity contribution in [2.24, 2.45) is 0 Å². The fourth-order valence-corrected chi connectivity index (χ4v) is 3.81. The maximum Gasteiger partial charge on any atom is 0.240 e. The Hall–Kier alpha value is -0.870. The summed E-state index contributed by atoms with van der Waals surface area (Å²) in [7, 11) is 2.08. The maximum absolute atomic E-state index is 12.5. The number of amides is 1. The lowest BCUT2D eigenvalue weighted by molar-refractivity contribution is -0.137. The number of piperazine rings is 1. The number of hydrogen-bond acceptors (Lipinski definition) is 3. The smallest absolute Gasteiger partial charge is 0.240 e. The molecule has 0 saturated carbocycles. The minimum atomic E-state index is 0.149. The van der Waals surface area contributed by atoms with Crippen molar-refractivity contribution in [2.45, 2.75) is 44.2 Å². The molecule has 112 valence electrons. The average Bonchev–Trinajstić information content (AvgIpc) is 2.94. The van der Waals surface area contributed by atoms with Gasteiger partial charge < -0.3 is 4.90 Å². The van der Waals surface area contributed by atoms with Crippen molar-refractivity contribution in [3.05, 3.63) is 12.2 Å². The van der Waals surface area contributed by atoms with E-state index in [4.69, 9.17) is 0 Å². The number of carbonyl (C=O) groups excluding carboxylic acids is 1. The third kappa shape index (κ3) is 2.91. The molecule has 2 atom stereocenters. The fraction of sp³-hybridized carbons (Fsp3) is 0.812. The zero-order valence-corrected chi connectivity index (χ0v) is 12.6. The predicted molar refractivity (Wildman–Crippen MR) is 80.6 cm³/mol. The molecule has 3 rings (SSSR count). The van der Waals surface area contributed by atoms with E-state index in [-0.39, 0.29) is 6.04 Å². The summed E-state index contributed by atoms with van der Waals surface area (Å²) in [5.74, 6) is 0.365. The first-order valence-electron chi connectivity index (χ1n) is 8.15. The van der Waals surface area contributed by atoms with E-state index in [1.165, 1.54) is 25.7 Å². The number of carbonyl (C=O) groups is 1. The molecule has 0 N–H and O–H groups in total. The van der Waals surface area contributed by atoms with E-state index in [9.17, 15) is 4.79 Å². The van der Waals surface area contributed by atoms with E-state index in [1.54, 1.807) is 0 Å². The van der Waals surface area contributed by atoms with E-state index in [0.717, 1.165) is 39.1 Å². The first kappa shape index (κ1) is 14.1. The molecule has 0 aromatic rings. The molecule has 2 fully saturated rings. The molecule has 0 unspecified atom stereocenters. The van der Waals surface area contributed by atoms with Crippen molar-refractivity contribution >= 4 is 5.91 Å². The monoisotopic (exact) mass is 277 g/mol. The fourth-order valence-electron chi connectivity index (χ4n) is 3.81. The zero-order chi connectivity index (χ0) is 13.9. The number of rotatable bonds is 2. The van der Waals surface area contributed by atoms with Gasteiger partial charge in [-0.1, -0.05) is 12.2 Å². The Balaban J connectivity index is 1.51. The Morgan fingerprint density at radius 1 is 1.05 bits per heavy atom. The van der Waals surface area contributed by atoms with Gasteiger partial charge in [-0.3, -0.25) is 14.6 Å². The molecule has 20 heavy (non-hydrogen) atoms. The number of likely N-dealkylation sites (N-methyl/N-ethyl adjacent to an activating group) is 1. The van der Waals surface area contributed by atoms with Crippen LogP contribution in [0.4, 0.5) is 0 Å². The van der Waals surface area contributed by atoms with Gasteiger partial charge in [0.25, 0.3) is 0 Å². The van der Waals surface area contributed by atoms with Gasteiger partial charge in [0.1, 0.15) is 0 Å². The van der Waals surface area contributed by atoms with Crippen molar-refractivity contribution in [1.82, 2.24) is 14.7 Å². The van der Waals surface area contributed by atoms with Crippen LogP contribution in [-0.2, 0) is 4.79 Å². The molecule has 0 aromatic heterocycles. The molecule has 4 nitrogen and oxygen atoms in total. The van der Waals surface area contributed by atoms with Crippen LogP contribution in [0.15, 0.2) is 12.2 Å². The Morgan fingerprint density at radius 3 is 2.45 bits per heavy atom. The second-order valence-corrected chi connectivity index (χ2v) is 6.43. The Bertz CT molecular complexity index is 374. The minimum absolute atomic E-state index is 0.149. The van der Waals surface area contributed by atoms with Gasteiger partial charge in [0.05, 0.1) is 6.04 Å². The molecule has 3 aliphatic rings. The van der Waals surface area contributed by atoms with Crippen molar-refractivity contribution < 1.29 is 4.79 Å². The molecule has 0 radical (unpaired) electrons. The average molecular weight is 277 g/mol. The van der Waals surface area contributed by atoms with Gasteiger partial charge in [0.2, 0.25) is 5.91 Å². The van der Waals surface area contributed by atoms with Crippen molar-refractivity contribution in [3.63, 3.8) is 0 Å². The van der Waals surface area contributed by atoms with Crippen LogP contribution < -0.4 is 0 Å². The molecule has 2 heterocycles. The van der Waals surface area contributed by atoms with Crippen LogP contribution in [0.3, 0.4) is 0 Å². The second-order valence-electron chi connectivity index (χ2n) is 6.43. The molecule has 1 aliphatic carbocycles. The van der Waals surface area contributed by atoms with Crippen LogP contribution in [0.1, 0.15) is 32.1 Å². The van der Waals surface area contributed by atoms with E-state index in [2.05, 4.69) is 33.9 Å². The summed E-state index contributed by atoms with van der Waals surface area (Å²) in [4.78, 5) is 19.4. The maximum atomic E-state index is 12.5. The SMILES string of the molecule is CN1CCC[C@@H]1C(=O)N1CCN([C@H]2C=CCCC2)CC1. The van der Waals surface area contributed by atoms with Gasteiger partial charge in [-0.2, -0.15) is 0 Å². The molecule has 2 aliphatic heterocycles. The summed E-state index contributed by atoms with van der Waals surface area (Å²) in [5.41, 5.74) is 0. The van der Waals surface area contributed by atoms with Gasteiger partial charge in [0.15, 0.2) is 0 Å². The molecule has 4 heteroatoms. The highest BCUT2D eigenvalue weighted by Gasteiger charge is 2.33. The van der Waals surface area contributed by atoms with Crippen molar-refractivity contribution in [1.29, 1.82) is 0 Å². The van der Waals surface area contributed by atoms with Gasteiger partial charge in [0, 0.05) is 32.2 Å². The second kappa shape index (κ2) is 6.27. The Kier molecular flexibility index (Phi) is 4.41. The van der Waals surface area contributed by atoms with E-state index >= 15 is 0 Å². The molecule has 1 amide bonds. The summed E-state index contributed by atoms with van der Waals surface area (Å²) in [6.45, 7) is 4.97. The highest BCUT2D eigenvalue weighted by atomic mass is 16.2. The first-order valence-corrected chi connectivity index (χ1v) is 8.15. The van der Waals surface area contributed by atoms with Crippen LogP contribution in [0.25, 0.3) is 0 Å². The predicted octanol–water partition coefficient (Wildman–Crippen LogP) is 1.33. The van der Waals surface area contributed by atoms with Crippen LogP contribution in [0, 0.1) is 0 Å². The normalized spacial score (nSPS) is 32.8. The highest BCUT2D eigenvalue weighted by Crippen LogP contribution is 2.21. The minimum Gasteiger partial charge on any atom is -0.339 e. The summed E-state index contributed by atoms with van der Waals surface area (Å²) >= 11 is 0. The Labute approximate surface area is 122 Å². The lowest BCUT2D eigenvalue weighted by Crippen LogP contribution is -2.55. The highest BCUT2D eigenvalue weighted by molar-refractivity contribution is 5.82. The lowest BCUT2D eigenvalue weighted by atomic mass is 10.0. The van der Waals surface area contributed by atoms with Gasteiger partial charge in [-0.25, -0.2) is 0 Å². The number of nitrogens with zero attached hydrogens (tertiary/aromatic N) is 3. The largest absolute Gasteiger partial charge is 0.339 e. The summed E-state index contributed by atoms with van der Waals surface area (Å²) in [5, 5.41) is 0. The molecule has 0 bridgehead atoms. The van der Waals surface area contributed by atoms with E-state index in [0.29, 0.717) is 11.9 Å². The summed E-state index contributed by atoms with van der Waals surface area (Å²) in [6, 6.07) is 0.770. The summed E-state index contributed by atoms with van der Waals surface area (Å²) < 4.78 is 0. The van der Waals surface area contributed by atoms with Crippen molar-refractivity contribution in [2.75, 3.05) is 39.8 Å². The molecular weight excluding hydrogens is 250 g/mol. The lowest BCUT2D eigenvalue weighted by Gasteiger charge is -2.40. The van der Waals surface area contributed by atoms with Crippen LogP contribution in [0.2, 0.25) is 0 Å². The van der Waals surface area contributed by atoms with Gasteiger partial charge in [-0.05, 0) is 45.7 Å². The molecular formula is C16H27N3O. The third-order valence-corrected chi connectivity index (χ3v) is 5.13. The van der Waals surface area contributed by atoms with Gasteiger partial charge in [-0.15, -0.1) is 0 Å². The topological polar surface area (TPSA) is 26.8 Å². The standard InChI is InChI=1S/C16H27N3O/c1-17-9-5-8-15(17)16(20)19-12-10-18(11-13-19)14-6-3-2-4-7-14/h3,6,14-15H,2,4-5,7-13H2,1H3/t14-,15+/m0/s1. The van der Waals surface area contributed by atoms with Crippen LogP contribution >= 0.6 is 0 Å². The Morgan fingerprint density at radius 2 is 1.85 bits per heavy atom. The molecule has 2 saturated heterocycles. The van der Waals surface area contributed by atoms with Crippen LogP contribution in [0.5, 0.6) is 0 Å². The number of likely N-dealkylation sites (tertiary alicyclic amines) is 1. The summed E-state index contributed by atoms with van der Waals surface area (Å²) in [6.07, 6.45) is 10.7. The third-order valence-electron chi connectivity index (χ3n) is 5.13. The number of allylic oxidation sites excluding steroid dienone is 1. The number of hydrogen-bond donors (Lipinski definition) is 0. The first-order chi connectivity index (χ1) is 9.75. The van der Waals surface area contributed by atoms with Crippen molar-refractivity contribution in [3.8, 4) is 0 Å². The zero-order valence-electron chi connectivity index (χ0n) is 12.6. The van der Waals surface area contributed by atoms with Gasteiger partial charge >= 0.3 is 0 Å².